The summed E-state index contributed by atoms with van der Waals surface area (Å²) >= 11 is 1.70. The fourth-order valence-corrected chi connectivity index (χ4v) is 3.62. The van der Waals surface area contributed by atoms with Crippen molar-refractivity contribution in [1.82, 2.24) is 15.1 Å². The van der Waals surface area contributed by atoms with Gasteiger partial charge in [0.15, 0.2) is 5.82 Å². The summed E-state index contributed by atoms with van der Waals surface area (Å²) in [4.78, 5) is 18.1. The molecule has 1 aliphatic heterocycles. The molecule has 0 unspecified atom stereocenters. The number of hydrogen-bond donors (Lipinski definition) is 0. The summed E-state index contributed by atoms with van der Waals surface area (Å²) in [6.45, 7) is 6.30. The first-order chi connectivity index (χ1) is 12.1. The second-order valence-electron chi connectivity index (χ2n) is 6.44. The summed E-state index contributed by atoms with van der Waals surface area (Å²) in [7, 11) is 0. The molecule has 0 aliphatic carbocycles. The topological polar surface area (TPSA) is 49.3 Å². The van der Waals surface area contributed by atoms with Crippen LogP contribution in [0.5, 0.6) is 0 Å². The van der Waals surface area contributed by atoms with Gasteiger partial charge in [-0.15, -0.1) is 16.9 Å². The van der Waals surface area contributed by atoms with Crippen LogP contribution in [-0.2, 0) is 11.2 Å². The number of thioether (sulfide) groups is 1. The molecule has 1 aromatic carbocycles. The first kappa shape index (κ1) is 17.7. The van der Waals surface area contributed by atoms with Crippen LogP contribution in [0.4, 0.5) is 5.82 Å². The van der Waals surface area contributed by atoms with E-state index in [0.717, 1.165) is 36.7 Å². The summed E-state index contributed by atoms with van der Waals surface area (Å²) < 4.78 is 0. The fourth-order valence-electron chi connectivity index (χ4n) is 3.14. The summed E-state index contributed by atoms with van der Waals surface area (Å²) in [6.07, 6.45) is 2.52. The molecule has 0 N–H and O–H groups in total. The van der Waals surface area contributed by atoms with Crippen LogP contribution in [0.25, 0.3) is 0 Å². The smallest absolute Gasteiger partial charge is 0.227 e. The number of amides is 1. The molecule has 1 aliphatic rings. The molecule has 0 saturated carbocycles. The number of anilines is 1. The lowest BCUT2D eigenvalue weighted by Crippen LogP contribution is -2.54. The molecule has 1 saturated heterocycles. The molecule has 5 nitrogen and oxygen atoms in total. The third-order valence-corrected chi connectivity index (χ3v) is 5.27. The number of hydrogen-bond acceptors (Lipinski definition) is 5. The van der Waals surface area contributed by atoms with Crippen LogP contribution in [0.15, 0.2) is 41.3 Å². The van der Waals surface area contributed by atoms with Crippen molar-refractivity contribution in [3.63, 3.8) is 0 Å². The van der Waals surface area contributed by atoms with Gasteiger partial charge in [0.25, 0.3) is 0 Å². The third kappa shape index (κ3) is 4.31. The van der Waals surface area contributed by atoms with Crippen LogP contribution in [0.3, 0.4) is 0 Å². The standard InChI is InChI=1S/C19H24N4OS/c1-14-7-8-18(21-20-14)23-10-9-22(13-15(23)2)19(24)12-16-5-4-6-17(11-16)25-3/h4-8,11,15H,9-10,12-13H2,1-3H3/t15-/m1/s1. The number of nitrogens with zero attached hydrogens (tertiary/aromatic N) is 4. The van der Waals surface area contributed by atoms with Gasteiger partial charge >= 0.3 is 0 Å². The van der Waals surface area contributed by atoms with Crippen molar-refractivity contribution in [3.05, 3.63) is 47.7 Å². The molecule has 1 amide bonds. The highest BCUT2D eigenvalue weighted by atomic mass is 32.2. The fraction of sp³-hybridized carbons (Fsp3) is 0.421. The van der Waals surface area contributed by atoms with Crippen LogP contribution in [0.1, 0.15) is 18.2 Å². The van der Waals surface area contributed by atoms with Gasteiger partial charge in [-0.25, -0.2) is 0 Å². The van der Waals surface area contributed by atoms with Gasteiger partial charge in [0.2, 0.25) is 5.91 Å². The van der Waals surface area contributed by atoms with Gasteiger partial charge in [-0.05, 0) is 49.9 Å². The minimum Gasteiger partial charge on any atom is -0.349 e. The van der Waals surface area contributed by atoms with Crippen molar-refractivity contribution in [2.45, 2.75) is 31.2 Å². The Kier molecular flexibility index (Phi) is 5.58. The monoisotopic (exact) mass is 356 g/mol. The molecule has 3 rings (SSSR count). The summed E-state index contributed by atoms with van der Waals surface area (Å²) in [5, 5.41) is 8.42. The zero-order valence-electron chi connectivity index (χ0n) is 15.0. The van der Waals surface area contributed by atoms with Crippen LogP contribution in [0, 0.1) is 6.92 Å². The molecular weight excluding hydrogens is 332 g/mol. The average molecular weight is 356 g/mol. The van der Waals surface area contributed by atoms with Crippen molar-refractivity contribution in [1.29, 1.82) is 0 Å². The van der Waals surface area contributed by atoms with Gasteiger partial charge < -0.3 is 9.80 Å². The van der Waals surface area contributed by atoms with E-state index in [1.807, 2.05) is 36.1 Å². The van der Waals surface area contributed by atoms with E-state index in [1.54, 1.807) is 11.8 Å². The summed E-state index contributed by atoms with van der Waals surface area (Å²) in [6, 6.07) is 12.4. The second-order valence-corrected chi connectivity index (χ2v) is 7.32. The van der Waals surface area contributed by atoms with E-state index in [9.17, 15) is 4.79 Å². The number of carbonyl (C=O) groups excluding carboxylic acids is 1. The van der Waals surface area contributed by atoms with Gasteiger partial charge in [-0.3, -0.25) is 4.79 Å². The first-order valence-electron chi connectivity index (χ1n) is 8.54. The molecule has 6 heteroatoms. The van der Waals surface area contributed by atoms with E-state index < -0.39 is 0 Å². The van der Waals surface area contributed by atoms with Gasteiger partial charge in [0, 0.05) is 30.6 Å². The average Bonchev–Trinajstić information content (AvgIpc) is 2.62. The second kappa shape index (κ2) is 7.87. The van der Waals surface area contributed by atoms with Crippen molar-refractivity contribution in [3.8, 4) is 0 Å². The lowest BCUT2D eigenvalue weighted by Gasteiger charge is -2.40. The summed E-state index contributed by atoms with van der Waals surface area (Å²) in [5.41, 5.74) is 1.99. The number of rotatable bonds is 4. The Labute approximate surface area is 153 Å². The lowest BCUT2D eigenvalue weighted by molar-refractivity contribution is -0.131. The van der Waals surface area contributed by atoms with Crippen LogP contribution < -0.4 is 4.90 Å². The highest BCUT2D eigenvalue weighted by molar-refractivity contribution is 7.98. The SMILES string of the molecule is CSc1cccc(CC(=O)N2CCN(c3ccc(C)nn3)[C@H](C)C2)c1. The number of aryl methyl sites for hydroxylation is 1. The molecule has 0 radical (unpaired) electrons. The number of piperazine rings is 1. The van der Waals surface area contributed by atoms with E-state index in [2.05, 4.69) is 40.4 Å². The molecule has 0 spiro atoms. The maximum atomic E-state index is 12.7. The molecule has 1 atom stereocenters. The molecule has 1 fully saturated rings. The zero-order chi connectivity index (χ0) is 17.8. The minimum atomic E-state index is 0.194. The predicted octanol–water partition coefficient (Wildman–Crippen LogP) is 2.79. The van der Waals surface area contributed by atoms with Crippen LogP contribution >= 0.6 is 11.8 Å². The maximum Gasteiger partial charge on any atom is 0.227 e. The Hall–Kier alpha value is -2.08. The molecule has 0 bridgehead atoms. The van der Waals surface area contributed by atoms with Crippen molar-refractivity contribution in [2.75, 3.05) is 30.8 Å². The van der Waals surface area contributed by atoms with E-state index in [4.69, 9.17) is 0 Å². The highest BCUT2D eigenvalue weighted by Crippen LogP contribution is 2.20. The van der Waals surface area contributed by atoms with Gasteiger partial charge in [-0.2, -0.15) is 5.10 Å². The minimum absolute atomic E-state index is 0.194. The van der Waals surface area contributed by atoms with Crippen LogP contribution in [-0.4, -0.2) is 52.9 Å². The number of aromatic nitrogens is 2. The molecular formula is C19H24N4OS. The molecule has 1 aromatic heterocycles. The number of carbonyl (C=O) groups is 1. The van der Waals surface area contributed by atoms with Gasteiger partial charge in [0.1, 0.15) is 0 Å². The number of benzene rings is 1. The van der Waals surface area contributed by atoms with Crippen molar-refractivity contribution < 1.29 is 4.79 Å². The van der Waals surface area contributed by atoms with Crippen molar-refractivity contribution in [2.24, 2.45) is 0 Å². The first-order valence-corrected chi connectivity index (χ1v) is 9.77. The zero-order valence-corrected chi connectivity index (χ0v) is 15.8. The van der Waals surface area contributed by atoms with E-state index in [0.29, 0.717) is 6.42 Å². The quantitative estimate of drug-likeness (QED) is 0.789. The molecule has 2 aromatic rings. The van der Waals surface area contributed by atoms with Crippen LogP contribution in [0.2, 0.25) is 0 Å². The Bertz CT molecular complexity index is 734. The van der Waals surface area contributed by atoms with E-state index in [1.165, 1.54) is 4.90 Å². The maximum absolute atomic E-state index is 12.7. The van der Waals surface area contributed by atoms with E-state index in [-0.39, 0.29) is 11.9 Å². The molecule has 2 heterocycles. The van der Waals surface area contributed by atoms with Gasteiger partial charge in [0.05, 0.1) is 12.1 Å². The largest absolute Gasteiger partial charge is 0.349 e. The predicted molar refractivity (Wildman–Crippen MR) is 102 cm³/mol. The van der Waals surface area contributed by atoms with Gasteiger partial charge in [-0.1, -0.05) is 12.1 Å². The van der Waals surface area contributed by atoms with Crippen molar-refractivity contribution >= 4 is 23.5 Å². The summed E-state index contributed by atoms with van der Waals surface area (Å²) in [5.74, 6) is 1.08. The Morgan fingerprint density at radius 2 is 2.08 bits per heavy atom. The lowest BCUT2D eigenvalue weighted by atomic mass is 10.1. The molecule has 25 heavy (non-hydrogen) atoms. The Morgan fingerprint density at radius 1 is 1.24 bits per heavy atom. The third-order valence-electron chi connectivity index (χ3n) is 4.55. The normalized spacial score (nSPS) is 17.6. The Balaban J connectivity index is 1.61. The van der Waals surface area contributed by atoms with E-state index >= 15 is 0 Å². The highest BCUT2D eigenvalue weighted by Gasteiger charge is 2.27. The molecule has 132 valence electrons. The Morgan fingerprint density at radius 3 is 2.76 bits per heavy atom.